The monoisotopic (exact) mass is 343 g/mol. The molecule has 0 bridgehead atoms. The fourth-order valence-corrected chi connectivity index (χ4v) is 3.19. The maximum Gasteiger partial charge on any atom is 0.337 e. The number of carbonyl (C=O) groups is 2. The van der Waals surface area contributed by atoms with E-state index in [0.717, 1.165) is 25.7 Å². The lowest BCUT2D eigenvalue weighted by Crippen LogP contribution is -2.37. The number of nitrogens with one attached hydrogen (secondary N) is 2. The maximum absolute atomic E-state index is 12.2. The first-order chi connectivity index (χ1) is 12.1. The molecule has 7 nitrogen and oxygen atoms in total. The van der Waals surface area contributed by atoms with Crippen molar-refractivity contribution in [2.75, 3.05) is 7.11 Å². The Morgan fingerprint density at radius 2 is 2.04 bits per heavy atom. The van der Waals surface area contributed by atoms with E-state index in [1.807, 2.05) is 0 Å². The third-order valence-corrected chi connectivity index (χ3v) is 4.47. The summed E-state index contributed by atoms with van der Waals surface area (Å²) in [5, 5.41) is 3.36. The molecule has 1 aromatic carbocycles. The van der Waals surface area contributed by atoms with Gasteiger partial charge in [0.2, 0.25) is 5.91 Å². The normalized spacial score (nSPS) is 15.1. The first kappa shape index (κ1) is 17.1. The highest BCUT2D eigenvalue weighted by molar-refractivity contribution is 5.94. The number of aromatic nitrogens is 2. The molecule has 132 valence electrons. The van der Waals surface area contributed by atoms with Crippen LogP contribution in [0.3, 0.4) is 0 Å². The molecule has 3 rings (SSSR count). The van der Waals surface area contributed by atoms with Gasteiger partial charge in [0.15, 0.2) is 0 Å². The zero-order chi connectivity index (χ0) is 17.8. The average Bonchev–Trinajstić information content (AvgIpc) is 2.61. The summed E-state index contributed by atoms with van der Waals surface area (Å²) in [6.45, 7) is 0. The number of hydrogen-bond donors (Lipinski definition) is 2. The molecule has 1 aliphatic rings. The van der Waals surface area contributed by atoms with Gasteiger partial charge in [-0.15, -0.1) is 0 Å². The number of fused-ring (bicyclic) bond motifs is 1. The second kappa shape index (κ2) is 7.46. The van der Waals surface area contributed by atoms with Crippen molar-refractivity contribution in [2.45, 2.75) is 44.6 Å². The van der Waals surface area contributed by atoms with Gasteiger partial charge >= 0.3 is 5.97 Å². The Labute approximate surface area is 144 Å². The number of methoxy groups -OCH3 is 1. The van der Waals surface area contributed by atoms with Gasteiger partial charge in [-0.2, -0.15) is 0 Å². The number of benzene rings is 1. The smallest absolute Gasteiger partial charge is 0.337 e. The molecule has 0 radical (unpaired) electrons. The van der Waals surface area contributed by atoms with Gasteiger partial charge in [0, 0.05) is 6.04 Å². The summed E-state index contributed by atoms with van der Waals surface area (Å²) in [6.07, 6.45) is 5.48. The summed E-state index contributed by atoms with van der Waals surface area (Å²) < 4.78 is 4.68. The molecule has 0 saturated heterocycles. The predicted molar refractivity (Wildman–Crippen MR) is 92.4 cm³/mol. The van der Waals surface area contributed by atoms with Crippen LogP contribution in [-0.2, 0) is 16.0 Å². The highest BCUT2D eigenvalue weighted by Gasteiger charge is 2.17. The standard InChI is InChI=1S/C18H21N3O4/c1-25-18(24)11-7-8-13-14(9-11)20-15(21-17(13)23)10-16(22)19-12-5-3-2-4-6-12/h7-9,12H,2-6,10H2,1H3,(H,19,22)(H,20,21,23). The first-order valence-corrected chi connectivity index (χ1v) is 8.47. The van der Waals surface area contributed by atoms with Crippen molar-refractivity contribution in [1.29, 1.82) is 0 Å². The number of rotatable bonds is 4. The van der Waals surface area contributed by atoms with Crippen molar-refractivity contribution in [1.82, 2.24) is 15.3 Å². The van der Waals surface area contributed by atoms with E-state index in [-0.39, 0.29) is 29.8 Å². The van der Waals surface area contributed by atoms with Gasteiger partial charge in [-0.3, -0.25) is 9.59 Å². The molecule has 0 unspecified atom stereocenters. The molecule has 0 spiro atoms. The SMILES string of the molecule is COC(=O)c1ccc2c(=O)[nH]c(CC(=O)NC3CCCCC3)nc2c1. The molecule has 2 N–H and O–H groups in total. The van der Waals surface area contributed by atoms with E-state index in [1.54, 1.807) is 0 Å². The van der Waals surface area contributed by atoms with Crippen LogP contribution < -0.4 is 10.9 Å². The Hall–Kier alpha value is -2.70. The number of hydrogen-bond acceptors (Lipinski definition) is 5. The second-order valence-corrected chi connectivity index (χ2v) is 6.32. The Bertz CT molecular complexity index is 853. The number of H-pyrrole nitrogens is 1. The number of esters is 1. The number of ether oxygens (including phenoxy) is 1. The molecule has 1 amide bonds. The zero-order valence-electron chi connectivity index (χ0n) is 14.1. The number of nitrogens with zero attached hydrogens (tertiary/aromatic N) is 1. The third-order valence-electron chi connectivity index (χ3n) is 4.47. The lowest BCUT2D eigenvalue weighted by molar-refractivity contribution is -0.121. The molecule has 7 heteroatoms. The molecule has 1 heterocycles. The summed E-state index contributed by atoms with van der Waals surface area (Å²) in [5.41, 5.74) is 0.347. The van der Waals surface area contributed by atoms with Gasteiger partial charge in [-0.05, 0) is 31.0 Å². The van der Waals surface area contributed by atoms with Crippen LogP contribution in [-0.4, -0.2) is 35.0 Å². The number of carbonyl (C=O) groups excluding carboxylic acids is 2. The highest BCUT2D eigenvalue weighted by atomic mass is 16.5. The lowest BCUT2D eigenvalue weighted by atomic mass is 9.95. The van der Waals surface area contributed by atoms with Crippen molar-refractivity contribution in [3.8, 4) is 0 Å². The van der Waals surface area contributed by atoms with Crippen molar-refractivity contribution < 1.29 is 14.3 Å². The Morgan fingerprint density at radius 3 is 2.76 bits per heavy atom. The van der Waals surface area contributed by atoms with E-state index in [9.17, 15) is 14.4 Å². The molecule has 2 aromatic rings. The Kier molecular flexibility index (Phi) is 5.11. The Morgan fingerprint density at radius 1 is 1.28 bits per heavy atom. The van der Waals surface area contributed by atoms with Crippen molar-refractivity contribution in [2.24, 2.45) is 0 Å². The van der Waals surface area contributed by atoms with Gasteiger partial charge in [-0.1, -0.05) is 19.3 Å². The minimum atomic E-state index is -0.499. The van der Waals surface area contributed by atoms with Crippen molar-refractivity contribution >= 4 is 22.8 Å². The number of aromatic amines is 1. The van der Waals surface area contributed by atoms with Crippen LogP contribution in [0.25, 0.3) is 10.9 Å². The molecule has 0 aliphatic heterocycles. The van der Waals surface area contributed by atoms with Crippen LogP contribution in [0.4, 0.5) is 0 Å². The van der Waals surface area contributed by atoms with Crippen molar-refractivity contribution in [3.05, 3.63) is 39.9 Å². The van der Waals surface area contributed by atoms with Crippen LogP contribution in [0.1, 0.15) is 48.3 Å². The first-order valence-electron chi connectivity index (χ1n) is 8.47. The fourth-order valence-electron chi connectivity index (χ4n) is 3.19. The van der Waals surface area contributed by atoms with Gasteiger partial charge in [0.25, 0.3) is 5.56 Å². The minimum absolute atomic E-state index is 0.00410. The van der Waals surface area contributed by atoms with Gasteiger partial charge in [-0.25, -0.2) is 9.78 Å². The Balaban J connectivity index is 1.80. The molecule has 1 saturated carbocycles. The van der Waals surface area contributed by atoms with E-state index in [4.69, 9.17) is 0 Å². The van der Waals surface area contributed by atoms with Crippen LogP contribution >= 0.6 is 0 Å². The topological polar surface area (TPSA) is 101 Å². The van der Waals surface area contributed by atoms with Crippen molar-refractivity contribution in [3.63, 3.8) is 0 Å². The van der Waals surface area contributed by atoms with Gasteiger partial charge in [0.1, 0.15) is 5.82 Å². The van der Waals surface area contributed by atoms with E-state index < -0.39 is 5.97 Å². The summed E-state index contributed by atoms with van der Waals surface area (Å²) in [7, 11) is 1.29. The molecule has 1 aliphatic carbocycles. The van der Waals surface area contributed by atoms with Gasteiger partial charge in [0.05, 0.1) is 30.0 Å². The largest absolute Gasteiger partial charge is 0.465 e. The zero-order valence-corrected chi connectivity index (χ0v) is 14.1. The predicted octanol–water partition coefficient (Wildman–Crippen LogP) is 1.70. The molecule has 1 fully saturated rings. The average molecular weight is 343 g/mol. The van der Waals surface area contributed by atoms with Crippen LogP contribution in [0, 0.1) is 0 Å². The second-order valence-electron chi connectivity index (χ2n) is 6.32. The van der Waals surface area contributed by atoms with Crippen LogP contribution in [0.15, 0.2) is 23.0 Å². The molecule has 25 heavy (non-hydrogen) atoms. The van der Waals surface area contributed by atoms with E-state index in [1.165, 1.54) is 31.7 Å². The summed E-state index contributed by atoms with van der Waals surface area (Å²) >= 11 is 0. The van der Waals surface area contributed by atoms with E-state index in [2.05, 4.69) is 20.0 Å². The maximum atomic E-state index is 12.2. The molecular weight excluding hydrogens is 322 g/mol. The van der Waals surface area contributed by atoms with Crippen LogP contribution in [0.2, 0.25) is 0 Å². The number of amides is 1. The highest BCUT2D eigenvalue weighted by Crippen LogP contribution is 2.17. The van der Waals surface area contributed by atoms with Gasteiger partial charge < -0.3 is 15.0 Å². The van der Waals surface area contributed by atoms with E-state index >= 15 is 0 Å². The molecule has 1 aromatic heterocycles. The third kappa shape index (κ3) is 4.04. The summed E-state index contributed by atoms with van der Waals surface area (Å²) in [5.74, 6) is -0.369. The minimum Gasteiger partial charge on any atom is -0.465 e. The summed E-state index contributed by atoms with van der Waals surface area (Å²) in [4.78, 5) is 43.0. The quantitative estimate of drug-likeness (QED) is 0.823. The fraction of sp³-hybridized carbons (Fsp3) is 0.444. The molecule has 0 atom stereocenters. The van der Waals surface area contributed by atoms with Crippen LogP contribution in [0.5, 0.6) is 0 Å². The summed E-state index contributed by atoms with van der Waals surface area (Å²) in [6, 6.07) is 4.75. The molecular formula is C18H21N3O4. The van der Waals surface area contributed by atoms with E-state index in [0.29, 0.717) is 16.5 Å². The lowest BCUT2D eigenvalue weighted by Gasteiger charge is -2.22.